The van der Waals surface area contributed by atoms with Gasteiger partial charge in [-0.05, 0) is 6.42 Å². The number of aromatic nitrogens is 1. The van der Waals surface area contributed by atoms with E-state index >= 15 is 0 Å². The molecule has 0 aliphatic carbocycles. The number of carbonyl (C=O) groups excluding carboxylic acids is 1. The minimum Gasteiger partial charge on any atom is -0.360 e. The fraction of sp³-hybridized carbons (Fsp3) is 0.533. The first kappa shape index (κ1) is 16.5. The van der Waals surface area contributed by atoms with E-state index in [0.717, 1.165) is 27.8 Å². The zero-order chi connectivity index (χ0) is 17.6. The Bertz CT molecular complexity index is 739. The molecule has 25 heavy (non-hydrogen) atoms. The van der Waals surface area contributed by atoms with Crippen LogP contribution < -0.4 is 10.6 Å². The molecule has 2 unspecified atom stereocenters. The third-order valence-corrected chi connectivity index (χ3v) is 5.65. The molecule has 6 nitrogen and oxygen atoms in total. The maximum Gasteiger partial charge on any atom is 0.397 e. The van der Waals surface area contributed by atoms with Crippen molar-refractivity contribution >= 4 is 35.5 Å². The van der Waals surface area contributed by atoms with Gasteiger partial charge >= 0.3 is 6.18 Å². The molecular weight excluding hydrogens is 355 g/mol. The van der Waals surface area contributed by atoms with Gasteiger partial charge in [0.25, 0.3) is 0 Å². The number of hydrogen-bond donors (Lipinski definition) is 2. The van der Waals surface area contributed by atoms with Crippen molar-refractivity contribution in [2.24, 2.45) is 10.9 Å². The van der Waals surface area contributed by atoms with Gasteiger partial charge in [0, 0.05) is 24.6 Å². The van der Waals surface area contributed by atoms with Gasteiger partial charge in [0.1, 0.15) is 12.2 Å². The maximum absolute atomic E-state index is 12.5. The minimum atomic E-state index is -4.47. The van der Waals surface area contributed by atoms with Crippen LogP contribution in [0.25, 0.3) is 0 Å². The summed E-state index contributed by atoms with van der Waals surface area (Å²) in [6.45, 7) is 0.637. The van der Waals surface area contributed by atoms with Crippen LogP contribution in [0.3, 0.4) is 0 Å². The number of alkyl halides is 3. The number of halogens is 3. The van der Waals surface area contributed by atoms with Gasteiger partial charge in [-0.1, -0.05) is 0 Å². The molecule has 1 aromatic heterocycles. The van der Waals surface area contributed by atoms with E-state index in [9.17, 15) is 18.0 Å². The van der Waals surface area contributed by atoms with Crippen molar-refractivity contribution in [3.8, 4) is 0 Å². The number of aliphatic imine (C=N–C) groups is 1. The molecule has 4 heterocycles. The monoisotopic (exact) mass is 371 g/mol. The van der Waals surface area contributed by atoms with E-state index in [1.54, 1.807) is 24.3 Å². The van der Waals surface area contributed by atoms with Crippen LogP contribution in [0.1, 0.15) is 24.4 Å². The Balaban J connectivity index is 1.55. The summed E-state index contributed by atoms with van der Waals surface area (Å²) in [4.78, 5) is 23.1. The molecule has 10 heteroatoms. The van der Waals surface area contributed by atoms with E-state index in [4.69, 9.17) is 0 Å². The summed E-state index contributed by atoms with van der Waals surface area (Å²) in [6, 6.07) is -0.177. The SMILES string of the molecule is O=C(CC(F)(F)F)N1CCC(C2N=CNc3cnc4c(c32)SCN4)C1. The second kappa shape index (κ2) is 6.08. The van der Waals surface area contributed by atoms with Crippen LogP contribution in [0.5, 0.6) is 0 Å². The van der Waals surface area contributed by atoms with Crippen molar-refractivity contribution in [2.45, 2.75) is 30.0 Å². The second-order valence-electron chi connectivity index (χ2n) is 6.28. The quantitative estimate of drug-likeness (QED) is 0.837. The van der Waals surface area contributed by atoms with Crippen molar-refractivity contribution in [2.75, 3.05) is 29.6 Å². The van der Waals surface area contributed by atoms with Gasteiger partial charge < -0.3 is 15.5 Å². The summed E-state index contributed by atoms with van der Waals surface area (Å²) in [6.07, 6.45) is -1.88. The minimum absolute atomic E-state index is 0.00184. The van der Waals surface area contributed by atoms with Crippen LogP contribution in [0.4, 0.5) is 24.7 Å². The number of nitrogens with one attached hydrogen (secondary N) is 2. The number of carbonyl (C=O) groups is 1. The van der Waals surface area contributed by atoms with Crippen LogP contribution >= 0.6 is 11.8 Å². The molecule has 1 amide bonds. The summed E-state index contributed by atoms with van der Waals surface area (Å²) in [5.74, 6) is 0.692. The van der Waals surface area contributed by atoms with Gasteiger partial charge in [0.2, 0.25) is 5.91 Å². The highest BCUT2D eigenvalue weighted by Gasteiger charge is 2.40. The second-order valence-corrected chi connectivity index (χ2v) is 7.26. The van der Waals surface area contributed by atoms with E-state index in [1.807, 2.05) is 0 Å². The lowest BCUT2D eigenvalue weighted by molar-refractivity contribution is -0.160. The average Bonchev–Trinajstić information content (AvgIpc) is 3.22. The van der Waals surface area contributed by atoms with Crippen molar-refractivity contribution in [3.05, 3.63) is 11.8 Å². The third kappa shape index (κ3) is 3.14. The first-order valence-corrected chi connectivity index (χ1v) is 8.93. The average molecular weight is 371 g/mol. The molecule has 0 saturated carbocycles. The van der Waals surface area contributed by atoms with E-state index in [2.05, 4.69) is 20.6 Å². The van der Waals surface area contributed by atoms with Crippen molar-refractivity contribution < 1.29 is 18.0 Å². The van der Waals surface area contributed by atoms with Crippen LogP contribution in [0.15, 0.2) is 16.1 Å². The molecule has 3 aliphatic heterocycles. The van der Waals surface area contributed by atoms with E-state index in [0.29, 0.717) is 19.5 Å². The highest BCUT2D eigenvalue weighted by Crippen LogP contribution is 2.47. The number of fused-ring (bicyclic) bond motifs is 3. The number of nitrogens with zero attached hydrogens (tertiary/aromatic N) is 3. The zero-order valence-corrected chi connectivity index (χ0v) is 14.0. The van der Waals surface area contributed by atoms with Crippen LogP contribution in [-0.4, -0.2) is 47.3 Å². The highest BCUT2D eigenvalue weighted by molar-refractivity contribution is 8.00. The smallest absolute Gasteiger partial charge is 0.360 e. The number of hydrogen-bond acceptors (Lipinski definition) is 6. The largest absolute Gasteiger partial charge is 0.397 e. The molecule has 0 radical (unpaired) electrons. The lowest BCUT2D eigenvalue weighted by Gasteiger charge is -2.27. The molecule has 0 spiro atoms. The van der Waals surface area contributed by atoms with E-state index in [1.165, 1.54) is 4.90 Å². The lowest BCUT2D eigenvalue weighted by atomic mass is 9.91. The van der Waals surface area contributed by atoms with Gasteiger partial charge in [-0.3, -0.25) is 9.79 Å². The summed E-state index contributed by atoms with van der Waals surface area (Å²) in [5.41, 5.74) is 1.90. The number of rotatable bonds is 2. The molecule has 3 aliphatic rings. The number of likely N-dealkylation sites (tertiary alicyclic amines) is 1. The van der Waals surface area contributed by atoms with Gasteiger partial charge in [-0.2, -0.15) is 13.2 Å². The molecule has 1 fully saturated rings. The molecule has 0 aromatic carbocycles. The molecular formula is C15H16F3N5OS. The van der Waals surface area contributed by atoms with Crippen molar-refractivity contribution in [1.82, 2.24) is 9.88 Å². The summed E-state index contributed by atoms with van der Waals surface area (Å²) >= 11 is 1.64. The maximum atomic E-state index is 12.5. The van der Waals surface area contributed by atoms with Gasteiger partial charge in [-0.25, -0.2) is 4.98 Å². The van der Waals surface area contributed by atoms with Gasteiger partial charge in [-0.15, -0.1) is 11.8 Å². The van der Waals surface area contributed by atoms with Gasteiger partial charge in [0.05, 0.1) is 35.0 Å². The highest BCUT2D eigenvalue weighted by atomic mass is 32.2. The van der Waals surface area contributed by atoms with Gasteiger partial charge in [0.15, 0.2) is 0 Å². The summed E-state index contributed by atoms with van der Waals surface area (Å²) < 4.78 is 37.4. The predicted molar refractivity (Wildman–Crippen MR) is 88.8 cm³/mol. The normalized spacial score (nSPS) is 24.5. The van der Waals surface area contributed by atoms with Crippen LogP contribution in [-0.2, 0) is 4.79 Å². The summed E-state index contributed by atoms with van der Waals surface area (Å²) in [5, 5.41) is 6.28. The van der Waals surface area contributed by atoms with Crippen molar-refractivity contribution in [3.63, 3.8) is 0 Å². The van der Waals surface area contributed by atoms with Crippen molar-refractivity contribution in [1.29, 1.82) is 0 Å². The predicted octanol–water partition coefficient (Wildman–Crippen LogP) is 2.85. The molecule has 4 rings (SSSR count). The Hall–Kier alpha value is -1.97. The number of thioether (sulfide) groups is 1. The fourth-order valence-electron chi connectivity index (χ4n) is 3.54. The third-order valence-electron chi connectivity index (χ3n) is 4.66. The molecule has 0 bridgehead atoms. The molecule has 2 N–H and O–H groups in total. The number of anilines is 2. The fourth-order valence-corrected chi connectivity index (χ4v) is 4.54. The molecule has 134 valence electrons. The first-order valence-electron chi connectivity index (χ1n) is 7.94. The Morgan fingerprint density at radius 1 is 1.44 bits per heavy atom. The van der Waals surface area contributed by atoms with Crippen LogP contribution in [0.2, 0.25) is 0 Å². The van der Waals surface area contributed by atoms with E-state index in [-0.39, 0.29) is 12.0 Å². The molecule has 2 atom stereocenters. The number of pyridine rings is 1. The Kier molecular flexibility index (Phi) is 4.01. The molecule has 1 saturated heterocycles. The topological polar surface area (TPSA) is 69.6 Å². The Labute approximate surface area is 146 Å². The molecule has 1 aromatic rings. The standard InChI is InChI=1S/C15H16F3N5OS/c16-15(17,18)3-10(24)23-2-1-8(5-23)12-11-9(20-6-21-12)4-19-14-13(11)25-7-22-14/h4,6,8,12H,1-3,5,7H2,(H,19,22)(H,20,21). The van der Waals surface area contributed by atoms with Crippen LogP contribution in [0, 0.1) is 5.92 Å². The summed E-state index contributed by atoms with van der Waals surface area (Å²) in [7, 11) is 0. The zero-order valence-electron chi connectivity index (χ0n) is 13.1. The first-order chi connectivity index (χ1) is 11.9. The Morgan fingerprint density at radius 2 is 2.28 bits per heavy atom. The number of amides is 1. The lowest BCUT2D eigenvalue weighted by Crippen LogP contribution is -2.33. The Morgan fingerprint density at radius 3 is 3.08 bits per heavy atom. The van der Waals surface area contributed by atoms with E-state index < -0.39 is 18.5 Å².